The fraction of sp³-hybridized carbons (Fsp3) is 0.273. The molecule has 3 nitrogen and oxygen atoms in total. The number of aromatic nitrogens is 2. The van der Waals surface area contributed by atoms with Crippen LogP contribution in [0.5, 0.6) is 0 Å². The van der Waals surface area contributed by atoms with Crippen LogP contribution in [0.15, 0.2) is 18.2 Å². The summed E-state index contributed by atoms with van der Waals surface area (Å²) in [7, 11) is 0. The number of hydrogen-bond donors (Lipinski definition) is 0. The van der Waals surface area contributed by atoms with Crippen LogP contribution in [0.25, 0.3) is 10.9 Å². The van der Waals surface area contributed by atoms with Gasteiger partial charge in [0.05, 0.1) is 17.1 Å². The molecule has 0 saturated carbocycles. The van der Waals surface area contributed by atoms with Crippen molar-refractivity contribution in [3.05, 3.63) is 29.5 Å². The quantitative estimate of drug-likeness (QED) is 0.683. The number of aryl methyl sites for hydroxylation is 2. The first-order chi connectivity index (χ1) is 6.76. The molecule has 70 valence electrons. The molecule has 0 bridgehead atoms. The molecule has 2 rings (SSSR count). The van der Waals surface area contributed by atoms with Crippen LogP contribution in [0, 0.1) is 18.3 Å². The maximum atomic E-state index is 8.75. The van der Waals surface area contributed by atoms with Crippen molar-refractivity contribution < 1.29 is 0 Å². The molecule has 0 amide bonds. The van der Waals surface area contributed by atoms with E-state index in [1.807, 2.05) is 29.8 Å². The Morgan fingerprint density at radius 2 is 2.29 bits per heavy atom. The van der Waals surface area contributed by atoms with E-state index in [1.165, 1.54) is 0 Å². The Bertz CT molecular complexity index is 517. The maximum absolute atomic E-state index is 8.75. The molecule has 0 radical (unpaired) electrons. The van der Waals surface area contributed by atoms with Gasteiger partial charge < -0.3 is 0 Å². The molecule has 14 heavy (non-hydrogen) atoms. The Morgan fingerprint density at radius 1 is 1.50 bits per heavy atom. The third kappa shape index (κ3) is 1.16. The molecule has 0 aliphatic heterocycles. The fourth-order valence-electron chi connectivity index (χ4n) is 1.64. The lowest BCUT2D eigenvalue weighted by Gasteiger charge is -1.96. The second-order valence-electron chi connectivity index (χ2n) is 3.24. The Morgan fingerprint density at radius 3 is 2.93 bits per heavy atom. The molecule has 3 heteroatoms. The molecular formula is C11H11N3. The van der Waals surface area contributed by atoms with Gasteiger partial charge in [0.15, 0.2) is 0 Å². The molecule has 0 saturated heterocycles. The van der Waals surface area contributed by atoms with E-state index in [9.17, 15) is 0 Å². The zero-order valence-electron chi connectivity index (χ0n) is 8.28. The molecule has 2 aromatic rings. The van der Waals surface area contributed by atoms with Gasteiger partial charge in [-0.15, -0.1) is 0 Å². The van der Waals surface area contributed by atoms with E-state index in [1.54, 1.807) is 0 Å². The molecule has 1 aromatic carbocycles. The van der Waals surface area contributed by atoms with Crippen molar-refractivity contribution in [2.45, 2.75) is 20.4 Å². The van der Waals surface area contributed by atoms with Gasteiger partial charge in [0.2, 0.25) is 0 Å². The van der Waals surface area contributed by atoms with Gasteiger partial charge >= 0.3 is 0 Å². The number of hydrogen-bond acceptors (Lipinski definition) is 2. The van der Waals surface area contributed by atoms with E-state index in [4.69, 9.17) is 5.26 Å². The second kappa shape index (κ2) is 3.15. The largest absolute Gasteiger partial charge is 0.269 e. The molecule has 0 aliphatic carbocycles. The summed E-state index contributed by atoms with van der Waals surface area (Å²) in [5.41, 5.74) is 2.73. The predicted octanol–water partition coefficient (Wildman–Crippen LogP) is 2.24. The minimum atomic E-state index is 0.665. The number of nitriles is 1. The van der Waals surface area contributed by atoms with Crippen molar-refractivity contribution in [1.29, 1.82) is 5.26 Å². The highest BCUT2D eigenvalue weighted by atomic mass is 15.3. The number of benzene rings is 1. The summed E-state index contributed by atoms with van der Waals surface area (Å²) in [5.74, 6) is 0. The van der Waals surface area contributed by atoms with Crippen LogP contribution in [-0.2, 0) is 6.54 Å². The monoisotopic (exact) mass is 185 g/mol. The van der Waals surface area contributed by atoms with Crippen molar-refractivity contribution in [1.82, 2.24) is 9.78 Å². The topological polar surface area (TPSA) is 41.6 Å². The number of nitrogens with zero attached hydrogens (tertiary/aromatic N) is 3. The average Bonchev–Trinajstić information content (AvgIpc) is 2.55. The van der Waals surface area contributed by atoms with Crippen molar-refractivity contribution in [2.24, 2.45) is 0 Å². The van der Waals surface area contributed by atoms with Crippen molar-refractivity contribution in [2.75, 3.05) is 0 Å². The maximum Gasteiger partial charge on any atom is 0.0992 e. The van der Waals surface area contributed by atoms with E-state index >= 15 is 0 Å². The smallest absolute Gasteiger partial charge is 0.0992 e. The summed E-state index contributed by atoms with van der Waals surface area (Å²) in [5, 5.41) is 14.3. The van der Waals surface area contributed by atoms with Crippen LogP contribution < -0.4 is 0 Å². The first-order valence-electron chi connectivity index (χ1n) is 4.63. The summed E-state index contributed by atoms with van der Waals surface area (Å²) in [6, 6.07) is 7.74. The van der Waals surface area contributed by atoms with E-state index in [0.717, 1.165) is 23.1 Å². The van der Waals surface area contributed by atoms with E-state index in [2.05, 4.69) is 18.1 Å². The zero-order valence-corrected chi connectivity index (χ0v) is 8.28. The highest BCUT2D eigenvalue weighted by Crippen LogP contribution is 2.18. The molecule has 0 N–H and O–H groups in total. The lowest BCUT2D eigenvalue weighted by molar-refractivity contribution is 0.647. The van der Waals surface area contributed by atoms with Gasteiger partial charge in [-0.1, -0.05) is 0 Å². The van der Waals surface area contributed by atoms with Crippen LogP contribution in [0.2, 0.25) is 0 Å². The number of rotatable bonds is 1. The minimum Gasteiger partial charge on any atom is -0.269 e. The summed E-state index contributed by atoms with van der Waals surface area (Å²) in [6.07, 6.45) is 0. The molecule has 0 atom stereocenters. The van der Waals surface area contributed by atoms with Gasteiger partial charge in [-0.05, 0) is 32.0 Å². The highest BCUT2D eigenvalue weighted by Gasteiger charge is 2.05. The van der Waals surface area contributed by atoms with Gasteiger partial charge in [-0.25, -0.2) is 0 Å². The van der Waals surface area contributed by atoms with Gasteiger partial charge in [-0.2, -0.15) is 10.4 Å². The predicted molar refractivity (Wildman–Crippen MR) is 54.9 cm³/mol. The highest BCUT2D eigenvalue weighted by molar-refractivity contribution is 5.82. The molecule has 0 spiro atoms. The lowest BCUT2D eigenvalue weighted by atomic mass is 10.1. The van der Waals surface area contributed by atoms with Gasteiger partial charge in [-0.3, -0.25) is 4.68 Å². The second-order valence-corrected chi connectivity index (χ2v) is 3.24. The van der Waals surface area contributed by atoms with Crippen LogP contribution in [0.1, 0.15) is 18.2 Å². The third-order valence-corrected chi connectivity index (χ3v) is 2.43. The van der Waals surface area contributed by atoms with Gasteiger partial charge in [0.25, 0.3) is 0 Å². The van der Waals surface area contributed by atoms with Crippen molar-refractivity contribution >= 4 is 10.9 Å². The van der Waals surface area contributed by atoms with Crippen molar-refractivity contribution in [3.8, 4) is 6.07 Å². The van der Waals surface area contributed by atoms with Gasteiger partial charge in [0, 0.05) is 17.6 Å². The molecule has 1 heterocycles. The van der Waals surface area contributed by atoms with Crippen LogP contribution >= 0.6 is 0 Å². The van der Waals surface area contributed by atoms with Crippen LogP contribution in [0.3, 0.4) is 0 Å². The molecular weight excluding hydrogens is 174 g/mol. The van der Waals surface area contributed by atoms with Gasteiger partial charge in [0.1, 0.15) is 0 Å². The summed E-state index contributed by atoms with van der Waals surface area (Å²) < 4.78 is 1.95. The Kier molecular flexibility index (Phi) is 1.97. The van der Waals surface area contributed by atoms with Crippen LogP contribution in [0.4, 0.5) is 0 Å². The first-order valence-corrected chi connectivity index (χ1v) is 4.63. The average molecular weight is 185 g/mol. The SMILES string of the molecule is CCn1nc2cc(C#N)ccc2c1C. The fourth-order valence-corrected chi connectivity index (χ4v) is 1.64. The summed E-state index contributed by atoms with van der Waals surface area (Å²) in [4.78, 5) is 0. The lowest BCUT2D eigenvalue weighted by Crippen LogP contribution is -1.97. The summed E-state index contributed by atoms with van der Waals surface area (Å²) >= 11 is 0. The minimum absolute atomic E-state index is 0.665. The first kappa shape index (κ1) is 8.76. The molecule has 0 unspecified atom stereocenters. The molecule has 0 fully saturated rings. The molecule has 1 aromatic heterocycles. The van der Waals surface area contributed by atoms with E-state index in [0.29, 0.717) is 5.56 Å². The molecule has 0 aliphatic rings. The third-order valence-electron chi connectivity index (χ3n) is 2.43. The Balaban J connectivity index is 2.74. The normalized spacial score (nSPS) is 10.4. The number of fused-ring (bicyclic) bond motifs is 1. The van der Waals surface area contributed by atoms with Crippen LogP contribution in [-0.4, -0.2) is 9.78 Å². The van der Waals surface area contributed by atoms with E-state index < -0.39 is 0 Å². The zero-order chi connectivity index (χ0) is 10.1. The van der Waals surface area contributed by atoms with E-state index in [-0.39, 0.29) is 0 Å². The Labute approximate surface area is 82.6 Å². The standard InChI is InChI=1S/C11H11N3/c1-3-14-8(2)10-5-4-9(7-12)6-11(10)13-14/h4-6H,3H2,1-2H3. The van der Waals surface area contributed by atoms with Crippen molar-refractivity contribution in [3.63, 3.8) is 0 Å². The summed E-state index contributed by atoms with van der Waals surface area (Å²) in [6.45, 7) is 4.97. The Hall–Kier alpha value is -1.82.